The molecule has 0 unspecified atom stereocenters. The molecule has 1 aliphatic carbocycles. The van der Waals surface area contributed by atoms with Crippen LogP contribution in [0.4, 0.5) is 5.82 Å². The van der Waals surface area contributed by atoms with Crippen molar-refractivity contribution in [2.45, 2.75) is 39.0 Å². The van der Waals surface area contributed by atoms with Gasteiger partial charge >= 0.3 is 0 Å². The maximum atomic E-state index is 12.8. The molecule has 5 nitrogen and oxygen atoms in total. The third-order valence-corrected chi connectivity index (χ3v) is 6.31. The molecule has 1 aromatic carbocycles. The van der Waals surface area contributed by atoms with Crippen LogP contribution in [0.1, 0.15) is 39.0 Å². The maximum Gasteiger partial charge on any atom is 0.279 e. The quantitative estimate of drug-likeness (QED) is 0.720. The molecule has 2 heterocycles. The summed E-state index contributed by atoms with van der Waals surface area (Å²) in [7, 11) is 0. The standard InChI is InChI=1S/C21H21N3O2S/c1-21(12-5-2-6-13-21)20(26)23-17-11-7-9-15(22-17)19-24-18(25)14-8-3-4-10-16(14)27-19/h3-4,7-11H,2,5-6,12-13H2,1H3,(H,22,23,26). The van der Waals surface area contributed by atoms with Gasteiger partial charge in [-0.3, -0.25) is 9.59 Å². The van der Waals surface area contributed by atoms with Gasteiger partial charge in [0.25, 0.3) is 5.56 Å². The second-order valence-electron chi connectivity index (χ2n) is 7.30. The van der Waals surface area contributed by atoms with E-state index in [0.717, 1.165) is 30.4 Å². The number of rotatable bonds is 3. The number of hydrogen-bond acceptors (Lipinski definition) is 5. The smallest absolute Gasteiger partial charge is 0.279 e. The van der Waals surface area contributed by atoms with Crippen LogP contribution < -0.4 is 10.9 Å². The fraction of sp³-hybridized carbons (Fsp3) is 0.333. The lowest BCUT2D eigenvalue weighted by Gasteiger charge is -2.31. The molecule has 2 aromatic heterocycles. The van der Waals surface area contributed by atoms with Crippen LogP contribution in [0.25, 0.3) is 20.8 Å². The molecule has 1 saturated carbocycles. The fourth-order valence-corrected chi connectivity index (χ4v) is 4.54. The molecule has 0 radical (unpaired) electrons. The number of aromatic nitrogens is 2. The highest BCUT2D eigenvalue weighted by atomic mass is 32.1. The van der Waals surface area contributed by atoms with Gasteiger partial charge in [0.05, 0.1) is 5.39 Å². The summed E-state index contributed by atoms with van der Waals surface area (Å²) < 4.78 is 0.874. The van der Waals surface area contributed by atoms with Crippen molar-refractivity contribution >= 4 is 33.1 Å². The topological polar surface area (TPSA) is 72.0 Å². The predicted molar refractivity (Wildman–Crippen MR) is 109 cm³/mol. The number of fused-ring (bicyclic) bond motifs is 1. The summed E-state index contributed by atoms with van der Waals surface area (Å²) in [5, 5.41) is 4.13. The van der Waals surface area contributed by atoms with Gasteiger partial charge in [0, 0.05) is 10.1 Å². The van der Waals surface area contributed by atoms with E-state index in [-0.39, 0.29) is 16.9 Å². The lowest BCUT2D eigenvalue weighted by atomic mass is 9.75. The zero-order valence-electron chi connectivity index (χ0n) is 15.2. The average Bonchev–Trinajstić information content (AvgIpc) is 2.69. The Morgan fingerprint density at radius 3 is 2.63 bits per heavy atom. The summed E-state index contributed by atoms with van der Waals surface area (Å²) in [6.45, 7) is 2.03. The summed E-state index contributed by atoms with van der Waals surface area (Å²) in [5.74, 6) is 0.519. The van der Waals surface area contributed by atoms with Crippen LogP contribution in [0, 0.1) is 5.41 Å². The van der Waals surface area contributed by atoms with E-state index in [9.17, 15) is 9.59 Å². The molecule has 0 spiro atoms. The number of amides is 1. The van der Waals surface area contributed by atoms with Gasteiger partial charge in [-0.1, -0.05) is 44.4 Å². The van der Waals surface area contributed by atoms with Crippen molar-refractivity contribution in [1.82, 2.24) is 9.97 Å². The Kier molecular flexibility index (Phi) is 4.74. The Bertz CT molecular complexity index is 1050. The SMILES string of the molecule is CC1(C(=O)Nc2cccc(-c3nc(=O)c4ccccc4s3)n2)CCCCC1. The lowest BCUT2D eigenvalue weighted by Crippen LogP contribution is -2.35. The van der Waals surface area contributed by atoms with Gasteiger partial charge in [0.1, 0.15) is 16.5 Å². The number of nitrogens with zero attached hydrogens (tertiary/aromatic N) is 2. The molecule has 138 valence electrons. The van der Waals surface area contributed by atoms with Crippen LogP contribution in [0.2, 0.25) is 0 Å². The normalized spacial score (nSPS) is 16.2. The van der Waals surface area contributed by atoms with E-state index in [1.165, 1.54) is 17.8 Å². The van der Waals surface area contributed by atoms with Gasteiger partial charge in [0.2, 0.25) is 5.91 Å². The summed E-state index contributed by atoms with van der Waals surface area (Å²) in [5.41, 5.74) is 0.00171. The van der Waals surface area contributed by atoms with E-state index in [1.54, 1.807) is 12.1 Å². The number of hydrogen-bond donors (Lipinski definition) is 1. The van der Waals surface area contributed by atoms with E-state index >= 15 is 0 Å². The highest BCUT2D eigenvalue weighted by Crippen LogP contribution is 2.36. The van der Waals surface area contributed by atoms with Gasteiger partial charge in [0.15, 0.2) is 0 Å². The predicted octanol–water partition coefficient (Wildman–Crippen LogP) is 4.63. The molecule has 0 atom stereocenters. The molecular weight excluding hydrogens is 358 g/mol. The first-order valence-electron chi connectivity index (χ1n) is 9.24. The number of carbonyl (C=O) groups is 1. The zero-order chi connectivity index (χ0) is 18.9. The maximum absolute atomic E-state index is 12.8. The second kappa shape index (κ2) is 7.19. The van der Waals surface area contributed by atoms with Crippen LogP contribution in [0.5, 0.6) is 0 Å². The molecule has 1 amide bonds. The molecule has 3 aromatic rings. The lowest BCUT2D eigenvalue weighted by molar-refractivity contribution is -0.126. The molecule has 0 bridgehead atoms. The monoisotopic (exact) mass is 379 g/mol. The van der Waals surface area contributed by atoms with Gasteiger partial charge in [-0.05, 0) is 37.1 Å². The number of nitrogens with one attached hydrogen (secondary N) is 1. The first kappa shape index (κ1) is 17.8. The minimum atomic E-state index is -0.331. The van der Waals surface area contributed by atoms with Gasteiger partial charge in [-0.15, -0.1) is 11.3 Å². The summed E-state index contributed by atoms with van der Waals surface area (Å²) >= 11 is 1.42. The largest absolute Gasteiger partial charge is 0.310 e. The molecule has 0 saturated heterocycles. The van der Waals surface area contributed by atoms with Crippen molar-refractivity contribution in [2.24, 2.45) is 5.41 Å². The molecule has 1 N–H and O–H groups in total. The first-order valence-corrected chi connectivity index (χ1v) is 10.1. The minimum absolute atomic E-state index is 0.0199. The number of benzene rings is 1. The van der Waals surface area contributed by atoms with Crippen molar-refractivity contribution in [3.05, 3.63) is 52.8 Å². The Labute approximate surface area is 161 Å². The molecule has 1 aliphatic rings. The van der Waals surface area contributed by atoms with Crippen molar-refractivity contribution in [3.8, 4) is 10.7 Å². The fourth-order valence-electron chi connectivity index (χ4n) is 3.57. The number of carbonyl (C=O) groups excluding carboxylic acids is 1. The molecule has 6 heteroatoms. The molecular formula is C21H21N3O2S. The molecule has 0 aliphatic heterocycles. The van der Waals surface area contributed by atoms with E-state index < -0.39 is 0 Å². The van der Waals surface area contributed by atoms with Crippen LogP contribution >= 0.6 is 11.3 Å². The van der Waals surface area contributed by atoms with Gasteiger partial charge < -0.3 is 5.32 Å². The third-order valence-electron chi connectivity index (χ3n) is 5.24. The number of anilines is 1. The van der Waals surface area contributed by atoms with Gasteiger partial charge in [-0.25, -0.2) is 4.98 Å². The van der Waals surface area contributed by atoms with E-state index in [1.807, 2.05) is 37.3 Å². The molecule has 4 rings (SSSR count). The molecule has 27 heavy (non-hydrogen) atoms. The minimum Gasteiger partial charge on any atom is -0.310 e. The van der Waals surface area contributed by atoms with Crippen LogP contribution in [0.3, 0.4) is 0 Å². The van der Waals surface area contributed by atoms with E-state index in [2.05, 4.69) is 15.3 Å². The van der Waals surface area contributed by atoms with Crippen molar-refractivity contribution in [2.75, 3.05) is 5.32 Å². The zero-order valence-corrected chi connectivity index (χ0v) is 16.0. The third kappa shape index (κ3) is 3.62. The van der Waals surface area contributed by atoms with E-state index in [0.29, 0.717) is 21.9 Å². The van der Waals surface area contributed by atoms with Crippen LogP contribution in [-0.4, -0.2) is 15.9 Å². The Morgan fingerprint density at radius 2 is 1.81 bits per heavy atom. The van der Waals surface area contributed by atoms with Crippen molar-refractivity contribution < 1.29 is 4.79 Å². The Morgan fingerprint density at radius 1 is 1.04 bits per heavy atom. The highest BCUT2D eigenvalue weighted by molar-refractivity contribution is 7.21. The Balaban J connectivity index is 1.63. The molecule has 1 fully saturated rings. The summed E-state index contributed by atoms with van der Waals surface area (Å²) in [6, 6.07) is 12.8. The van der Waals surface area contributed by atoms with E-state index in [4.69, 9.17) is 0 Å². The van der Waals surface area contributed by atoms with Crippen molar-refractivity contribution in [1.29, 1.82) is 0 Å². The number of pyridine rings is 1. The van der Waals surface area contributed by atoms with Gasteiger partial charge in [-0.2, -0.15) is 4.98 Å². The highest BCUT2D eigenvalue weighted by Gasteiger charge is 2.34. The Hall–Kier alpha value is -2.60. The van der Waals surface area contributed by atoms with Crippen LogP contribution in [-0.2, 0) is 4.79 Å². The average molecular weight is 379 g/mol. The summed E-state index contributed by atoms with van der Waals surface area (Å²) in [4.78, 5) is 33.8. The van der Waals surface area contributed by atoms with Crippen molar-refractivity contribution in [3.63, 3.8) is 0 Å². The van der Waals surface area contributed by atoms with Crippen LogP contribution in [0.15, 0.2) is 47.3 Å². The second-order valence-corrected chi connectivity index (χ2v) is 8.33. The summed E-state index contributed by atoms with van der Waals surface area (Å²) in [6.07, 6.45) is 5.20. The first-order chi connectivity index (χ1) is 13.0.